The predicted molar refractivity (Wildman–Crippen MR) is 70.0 cm³/mol. The summed E-state index contributed by atoms with van der Waals surface area (Å²) in [7, 11) is 0. The van der Waals surface area contributed by atoms with Crippen LogP contribution >= 0.6 is 0 Å². The Morgan fingerprint density at radius 1 is 1.35 bits per heavy atom. The van der Waals surface area contributed by atoms with Gasteiger partial charge in [-0.3, -0.25) is 0 Å². The average molecular weight is 288 g/mol. The third-order valence-electron chi connectivity index (χ3n) is 3.59. The van der Waals surface area contributed by atoms with E-state index in [1.165, 1.54) is 12.1 Å². The average Bonchev–Trinajstić information content (AvgIpc) is 3.04. The minimum Gasteiger partial charge on any atom is -0.494 e. The fraction of sp³-hybridized carbons (Fsp3) is 0.600. The minimum absolute atomic E-state index is 0.0335. The van der Waals surface area contributed by atoms with Crippen LogP contribution in [0.2, 0.25) is 0 Å². The van der Waals surface area contributed by atoms with E-state index in [2.05, 4.69) is 0 Å². The van der Waals surface area contributed by atoms with Crippen LogP contribution in [-0.2, 0) is 10.9 Å². The minimum atomic E-state index is -4.33. The molecule has 0 amide bonds. The van der Waals surface area contributed by atoms with Crippen LogP contribution in [0.3, 0.4) is 0 Å². The van der Waals surface area contributed by atoms with Gasteiger partial charge in [-0.25, -0.2) is 0 Å². The van der Waals surface area contributed by atoms with E-state index in [0.29, 0.717) is 24.3 Å². The SMILES string of the molecule is CCOc1ccc(C(F)(F)F)cc1C(C)CC1OC1C. The van der Waals surface area contributed by atoms with Crippen molar-refractivity contribution in [1.82, 2.24) is 0 Å². The third kappa shape index (κ3) is 3.45. The molecule has 2 nitrogen and oxygen atoms in total. The summed E-state index contributed by atoms with van der Waals surface area (Å²) in [4.78, 5) is 0. The standard InChI is InChI=1S/C15H19F3O2/c1-4-19-13-6-5-11(15(16,17)18)8-12(13)9(2)7-14-10(3)20-14/h5-6,8-10,14H,4,7H2,1-3H3. The normalized spacial score (nSPS) is 23.5. The Morgan fingerprint density at radius 2 is 2.00 bits per heavy atom. The van der Waals surface area contributed by atoms with Crippen LogP contribution in [0.15, 0.2) is 18.2 Å². The molecule has 1 fully saturated rings. The zero-order chi connectivity index (χ0) is 14.9. The molecular weight excluding hydrogens is 269 g/mol. The van der Waals surface area contributed by atoms with Gasteiger partial charge in [0.1, 0.15) is 5.75 Å². The predicted octanol–water partition coefficient (Wildman–Crippen LogP) is 4.39. The van der Waals surface area contributed by atoms with E-state index >= 15 is 0 Å². The summed E-state index contributed by atoms with van der Waals surface area (Å²) < 4.78 is 49.3. The van der Waals surface area contributed by atoms with Gasteiger partial charge in [0.15, 0.2) is 0 Å². The highest BCUT2D eigenvalue weighted by Gasteiger charge is 2.37. The zero-order valence-corrected chi connectivity index (χ0v) is 11.8. The highest BCUT2D eigenvalue weighted by molar-refractivity contribution is 5.40. The monoisotopic (exact) mass is 288 g/mol. The molecule has 0 spiro atoms. The topological polar surface area (TPSA) is 21.8 Å². The molecule has 1 heterocycles. The molecule has 1 aliphatic rings. The van der Waals surface area contributed by atoms with Gasteiger partial charge in [-0.15, -0.1) is 0 Å². The fourth-order valence-electron chi connectivity index (χ4n) is 2.35. The summed E-state index contributed by atoms with van der Waals surface area (Å²) in [6.45, 7) is 6.12. The van der Waals surface area contributed by atoms with Gasteiger partial charge >= 0.3 is 6.18 Å². The lowest BCUT2D eigenvalue weighted by molar-refractivity contribution is -0.137. The molecule has 1 saturated heterocycles. The molecule has 3 atom stereocenters. The Hall–Kier alpha value is -1.23. The number of epoxide rings is 1. The number of halogens is 3. The van der Waals surface area contributed by atoms with Crippen molar-refractivity contribution in [3.8, 4) is 5.75 Å². The van der Waals surface area contributed by atoms with Crippen LogP contribution in [0.4, 0.5) is 13.2 Å². The molecular formula is C15H19F3O2. The third-order valence-corrected chi connectivity index (χ3v) is 3.59. The molecule has 20 heavy (non-hydrogen) atoms. The molecule has 0 radical (unpaired) electrons. The first-order chi connectivity index (χ1) is 9.32. The van der Waals surface area contributed by atoms with E-state index < -0.39 is 11.7 Å². The van der Waals surface area contributed by atoms with E-state index in [1.807, 2.05) is 20.8 Å². The molecule has 1 aromatic rings. The van der Waals surface area contributed by atoms with Crippen molar-refractivity contribution < 1.29 is 22.6 Å². The van der Waals surface area contributed by atoms with Crippen LogP contribution in [0.5, 0.6) is 5.75 Å². The Kier molecular flexibility index (Phi) is 4.28. The highest BCUT2D eigenvalue weighted by atomic mass is 19.4. The Bertz CT molecular complexity index is 471. The molecule has 0 aromatic heterocycles. The molecule has 5 heteroatoms. The summed E-state index contributed by atoms with van der Waals surface area (Å²) in [5.41, 5.74) is -0.0306. The van der Waals surface area contributed by atoms with Crippen LogP contribution in [0.1, 0.15) is 44.2 Å². The number of hydrogen-bond acceptors (Lipinski definition) is 2. The number of rotatable bonds is 5. The van der Waals surface area contributed by atoms with Gasteiger partial charge in [0.25, 0.3) is 0 Å². The van der Waals surface area contributed by atoms with Gasteiger partial charge in [0.05, 0.1) is 24.4 Å². The summed E-state index contributed by atoms with van der Waals surface area (Å²) >= 11 is 0. The van der Waals surface area contributed by atoms with E-state index in [0.717, 1.165) is 6.07 Å². The van der Waals surface area contributed by atoms with Crippen molar-refractivity contribution in [3.05, 3.63) is 29.3 Å². The van der Waals surface area contributed by atoms with Gasteiger partial charge in [0, 0.05) is 0 Å². The maximum Gasteiger partial charge on any atom is 0.416 e. The molecule has 2 rings (SSSR count). The summed E-state index contributed by atoms with van der Waals surface area (Å²) in [6, 6.07) is 3.68. The lowest BCUT2D eigenvalue weighted by Gasteiger charge is -2.18. The molecule has 112 valence electrons. The lowest BCUT2D eigenvalue weighted by Crippen LogP contribution is -2.09. The van der Waals surface area contributed by atoms with Gasteiger partial charge < -0.3 is 9.47 Å². The van der Waals surface area contributed by atoms with Crippen LogP contribution in [0, 0.1) is 0 Å². The van der Waals surface area contributed by atoms with Crippen molar-refractivity contribution in [2.45, 2.75) is 51.5 Å². The number of benzene rings is 1. The van der Waals surface area contributed by atoms with Crippen LogP contribution < -0.4 is 4.74 Å². The molecule has 1 aromatic carbocycles. The quantitative estimate of drug-likeness (QED) is 0.750. The smallest absolute Gasteiger partial charge is 0.416 e. The van der Waals surface area contributed by atoms with Crippen molar-refractivity contribution in [1.29, 1.82) is 0 Å². The molecule has 0 aliphatic carbocycles. The van der Waals surface area contributed by atoms with E-state index in [-0.39, 0.29) is 18.1 Å². The van der Waals surface area contributed by atoms with E-state index in [1.54, 1.807) is 0 Å². The van der Waals surface area contributed by atoms with Gasteiger partial charge in [-0.2, -0.15) is 13.2 Å². The second kappa shape index (κ2) is 5.64. The Morgan fingerprint density at radius 3 is 2.50 bits per heavy atom. The van der Waals surface area contributed by atoms with Gasteiger partial charge in [0.2, 0.25) is 0 Å². The molecule has 0 saturated carbocycles. The fourth-order valence-corrected chi connectivity index (χ4v) is 2.35. The number of ether oxygens (including phenoxy) is 2. The summed E-state index contributed by atoms with van der Waals surface area (Å²) in [6.07, 6.45) is -3.27. The molecule has 3 unspecified atom stereocenters. The number of hydrogen-bond donors (Lipinski definition) is 0. The number of alkyl halides is 3. The first-order valence-electron chi connectivity index (χ1n) is 6.82. The van der Waals surface area contributed by atoms with Gasteiger partial charge in [-0.1, -0.05) is 6.92 Å². The maximum atomic E-state index is 12.8. The van der Waals surface area contributed by atoms with Crippen molar-refractivity contribution in [2.75, 3.05) is 6.61 Å². The molecule has 0 bridgehead atoms. The van der Waals surface area contributed by atoms with Crippen LogP contribution in [-0.4, -0.2) is 18.8 Å². The van der Waals surface area contributed by atoms with Crippen molar-refractivity contribution >= 4 is 0 Å². The highest BCUT2D eigenvalue weighted by Crippen LogP contribution is 2.39. The summed E-state index contributed by atoms with van der Waals surface area (Å²) in [5.74, 6) is 0.495. The summed E-state index contributed by atoms with van der Waals surface area (Å²) in [5, 5.41) is 0. The van der Waals surface area contributed by atoms with Crippen LogP contribution in [0.25, 0.3) is 0 Å². The Balaban J connectivity index is 2.25. The first kappa shape index (κ1) is 15.2. The van der Waals surface area contributed by atoms with Crippen molar-refractivity contribution in [3.63, 3.8) is 0 Å². The first-order valence-corrected chi connectivity index (χ1v) is 6.82. The largest absolute Gasteiger partial charge is 0.494 e. The van der Waals surface area contributed by atoms with Crippen molar-refractivity contribution in [2.24, 2.45) is 0 Å². The molecule has 0 N–H and O–H groups in total. The van der Waals surface area contributed by atoms with E-state index in [4.69, 9.17) is 9.47 Å². The zero-order valence-electron chi connectivity index (χ0n) is 11.8. The second-order valence-corrected chi connectivity index (χ2v) is 5.20. The van der Waals surface area contributed by atoms with E-state index in [9.17, 15) is 13.2 Å². The lowest BCUT2D eigenvalue weighted by atomic mass is 9.93. The second-order valence-electron chi connectivity index (χ2n) is 5.20. The maximum absolute atomic E-state index is 12.8. The molecule has 1 aliphatic heterocycles. The Labute approximate surface area is 116 Å². The van der Waals surface area contributed by atoms with Gasteiger partial charge in [-0.05, 0) is 49.9 Å².